The third-order valence-electron chi connectivity index (χ3n) is 5.44. The first-order chi connectivity index (χ1) is 11.1. The highest BCUT2D eigenvalue weighted by Crippen LogP contribution is 2.48. The molecule has 0 amide bonds. The van der Waals surface area contributed by atoms with E-state index in [1.165, 1.54) is 6.42 Å². The predicted molar refractivity (Wildman–Crippen MR) is 88.4 cm³/mol. The molecule has 2 aliphatic rings. The van der Waals surface area contributed by atoms with Crippen molar-refractivity contribution >= 4 is 0 Å². The van der Waals surface area contributed by atoms with Crippen LogP contribution < -0.4 is 19.5 Å². The Balaban J connectivity index is 2.00. The summed E-state index contributed by atoms with van der Waals surface area (Å²) in [5.74, 6) is 2.16. The maximum Gasteiger partial charge on any atom is 0.203 e. The second-order valence-electron chi connectivity index (χ2n) is 6.60. The molecule has 5 heteroatoms. The van der Waals surface area contributed by atoms with E-state index in [9.17, 15) is 5.11 Å². The Morgan fingerprint density at radius 1 is 1.04 bits per heavy atom. The number of fused-ring (bicyclic) bond motifs is 1. The van der Waals surface area contributed by atoms with Crippen LogP contribution in [0.1, 0.15) is 43.7 Å². The average molecular weight is 321 g/mol. The van der Waals surface area contributed by atoms with Crippen LogP contribution in [-0.2, 0) is 0 Å². The number of ether oxygens (including phenoxy) is 3. The fourth-order valence-electron chi connectivity index (χ4n) is 4.25. The Bertz CT molecular complexity index is 533. The molecule has 1 aromatic rings. The molecule has 2 fully saturated rings. The number of aliphatic hydroxyl groups is 1. The summed E-state index contributed by atoms with van der Waals surface area (Å²) in [6, 6.07) is 4.11. The Morgan fingerprint density at radius 2 is 1.74 bits per heavy atom. The van der Waals surface area contributed by atoms with Gasteiger partial charge in [0.25, 0.3) is 0 Å². The molecule has 1 aromatic carbocycles. The Kier molecular flexibility index (Phi) is 4.69. The van der Waals surface area contributed by atoms with Crippen LogP contribution in [0.25, 0.3) is 0 Å². The van der Waals surface area contributed by atoms with Gasteiger partial charge in [-0.3, -0.25) is 0 Å². The average Bonchev–Trinajstić information content (AvgIpc) is 2.59. The van der Waals surface area contributed by atoms with Crippen LogP contribution in [0, 0.1) is 5.92 Å². The summed E-state index contributed by atoms with van der Waals surface area (Å²) in [7, 11) is 4.87. The lowest BCUT2D eigenvalue weighted by atomic mass is 9.67. The van der Waals surface area contributed by atoms with Crippen LogP contribution in [0.2, 0.25) is 0 Å². The summed E-state index contributed by atoms with van der Waals surface area (Å²) in [4.78, 5) is 0. The number of methoxy groups -OCH3 is 3. The zero-order chi connectivity index (χ0) is 16.4. The third kappa shape index (κ3) is 2.88. The van der Waals surface area contributed by atoms with Gasteiger partial charge >= 0.3 is 0 Å². The molecule has 1 saturated carbocycles. The minimum absolute atomic E-state index is 0.114. The molecule has 128 valence electrons. The summed E-state index contributed by atoms with van der Waals surface area (Å²) in [5.41, 5.74) is 0.540. The highest BCUT2D eigenvalue weighted by molar-refractivity contribution is 5.54. The van der Waals surface area contributed by atoms with E-state index in [0.29, 0.717) is 17.2 Å². The van der Waals surface area contributed by atoms with Gasteiger partial charge in [0.15, 0.2) is 11.5 Å². The van der Waals surface area contributed by atoms with Gasteiger partial charge in [0.2, 0.25) is 5.75 Å². The monoisotopic (exact) mass is 321 g/mol. The second-order valence-corrected chi connectivity index (χ2v) is 6.60. The lowest BCUT2D eigenvalue weighted by molar-refractivity contribution is -0.0861. The molecule has 0 radical (unpaired) electrons. The number of benzene rings is 1. The number of hydrogen-bond donors (Lipinski definition) is 2. The smallest absolute Gasteiger partial charge is 0.203 e. The number of nitrogens with one attached hydrogen (secondary N) is 1. The van der Waals surface area contributed by atoms with Crippen molar-refractivity contribution in [3.8, 4) is 17.2 Å². The molecule has 5 nitrogen and oxygen atoms in total. The molecule has 1 aliphatic heterocycles. The first-order valence-electron chi connectivity index (χ1n) is 8.38. The van der Waals surface area contributed by atoms with E-state index in [1.807, 2.05) is 12.1 Å². The zero-order valence-electron chi connectivity index (χ0n) is 14.2. The van der Waals surface area contributed by atoms with Crippen LogP contribution >= 0.6 is 0 Å². The van der Waals surface area contributed by atoms with Gasteiger partial charge in [-0.1, -0.05) is 12.8 Å². The lowest BCUT2D eigenvalue weighted by Crippen LogP contribution is -2.53. The van der Waals surface area contributed by atoms with Crippen molar-refractivity contribution in [3.05, 3.63) is 17.7 Å². The van der Waals surface area contributed by atoms with Crippen molar-refractivity contribution in [2.24, 2.45) is 5.92 Å². The van der Waals surface area contributed by atoms with E-state index in [4.69, 9.17) is 14.2 Å². The summed E-state index contributed by atoms with van der Waals surface area (Å²) in [6.45, 7) is 0.828. The maximum atomic E-state index is 11.0. The molecule has 1 aliphatic carbocycles. The largest absolute Gasteiger partial charge is 0.493 e. The SMILES string of the molecule is COc1cc([C@H]2NCC[C@@]3(O)CCCC[C@H]23)cc(OC)c1OC. The molecule has 3 atom stereocenters. The molecule has 0 bridgehead atoms. The Labute approximate surface area is 137 Å². The van der Waals surface area contributed by atoms with Crippen molar-refractivity contribution in [2.75, 3.05) is 27.9 Å². The third-order valence-corrected chi connectivity index (χ3v) is 5.44. The van der Waals surface area contributed by atoms with Gasteiger partial charge < -0.3 is 24.6 Å². The summed E-state index contributed by atoms with van der Waals surface area (Å²) >= 11 is 0. The fraction of sp³-hybridized carbons (Fsp3) is 0.667. The van der Waals surface area contributed by atoms with E-state index in [-0.39, 0.29) is 12.0 Å². The molecule has 1 saturated heterocycles. The summed E-state index contributed by atoms with van der Waals surface area (Å²) in [6.07, 6.45) is 5.08. The number of piperidine rings is 1. The standard InChI is InChI=1S/C18H27NO4/c1-21-14-10-12(11-15(22-2)17(14)23-3)16-13-6-4-5-7-18(13,20)8-9-19-16/h10-11,13,16,19-20H,4-9H2,1-3H3/t13-,16-,18+/m1/s1. The number of hydrogen-bond acceptors (Lipinski definition) is 5. The highest BCUT2D eigenvalue weighted by atomic mass is 16.5. The van der Waals surface area contributed by atoms with Crippen molar-refractivity contribution in [2.45, 2.75) is 43.7 Å². The van der Waals surface area contributed by atoms with Gasteiger partial charge in [-0.05, 0) is 43.5 Å². The molecule has 1 heterocycles. The van der Waals surface area contributed by atoms with Crippen LogP contribution in [-0.4, -0.2) is 38.6 Å². The van der Waals surface area contributed by atoms with Crippen molar-refractivity contribution in [1.82, 2.24) is 5.32 Å². The first-order valence-corrected chi connectivity index (χ1v) is 8.38. The molecular weight excluding hydrogens is 294 g/mol. The number of rotatable bonds is 4. The quantitative estimate of drug-likeness (QED) is 0.893. The van der Waals surface area contributed by atoms with Crippen molar-refractivity contribution < 1.29 is 19.3 Å². The predicted octanol–water partition coefficient (Wildman–Crippen LogP) is 2.67. The van der Waals surface area contributed by atoms with E-state index in [1.54, 1.807) is 21.3 Å². The topological polar surface area (TPSA) is 60.0 Å². The van der Waals surface area contributed by atoms with Crippen LogP contribution in [0.5, 0.6) is 17.2 Å². The fourth-order valence-corrected chi connectivity index (χ4v) is 4.25. The lowest BCUT2D eigenvalue weighted by Gasteiger charge is -2.48. The second kappa shape index (κ2) is 6.57. The summed E-state index contributed by atoms with van der Waals surface area (Å²) < 4.78 is 16.4. The van der Waals surface area contributed by atoms with E-state index >= 15 is 0 Å². The van der Waals surface area contributed by atoms with Crippen LogP contribution in [0.4, 0.5) is 0 Å². The molecule has 0 spiro atoms. The summed E-state index contributed by atoms with van der Waals surface area (Å²) in [5, 5.41) is 14.6. The van der Waals surface area contributed by atoms with Gasteiger partial charge in [-0.15, -0.1) is 0 Å². The normalized spacial score (nSPS) is 30.4. The minimum Gasteiger partial charge on any atom is -0.493 e. The Morgan fingerprint density at radius 3 is 2.35 bits per heavy atom. The highest BCUT2D eigenvalue weighted by Gasteiger charge is 2.46. The van der Waals surface area contributed by atoms with E-state index < -0.39 is 5.60 Å². The first kappa shape index (κ1) is 16.4. The van der Waals surface area contributed by atoms with Gasteiger partial charge in [0, 0.05) is 12.0 Å². The molecule has 23 heavy (non-hydrogen) atoms. The molecular formula is C18H27NO4. The maximum absolute atomic E-state index is 11.0. The van der Waals surface area contributed by atoms with Crippen LogP contribution in [0.15, 0.2) is 12.1 Å². The molecule has 3 rings (SSSR count). The van der Waals surface area contributed by atoms with Gasteiger partial charge in [0.05, 0.1) is 26.9 Å². The zero-order valence-corrected chi connectivity index (χ0v) is 14.2. The van der Waals surface area contributed by atoms with E-state index in [2.05, 4.69) is 5.32 Å². The molecule has 2 N–H and O–H groups in total. The molecule has 0 unspecified atom stereocenters. The minimum atomic E-state index is -0.547. The van der Waals surface area contributed by atoms with Crippen LogP contribution in [0.3, 0.4) is 0 Å². The van der Waals surface area contributed by atoms with E-state index in [0.717, 1.165) is 37.8 Å². The van der Waals surface area contributed by atoms with Crippen molar-refractivity contribution in [3.63, 3.8) is 0 Å². The Hall–Kier alpha value is -1.46. The van der Waals surface area contributed by atoms with Crippen molar-refractivity contribution in [1.29, 1.82) is 0 Å². The van der Waals surface area contributed by atoms with Gasteiger partial charge in [-0.2, -0.15) is 0 Å². The van der Waals surface area contributed by atoms with Gasteiger partial charge in [0.1, 0.15) is 0 Å². The molecule has 0 aromatic heterocycles. The van der Waals surface area contributed by atoms with Gasteiger partial charge in [-0.25, -0.2) is 0 Å².